The van der Waals surface area contributed by atoms with Crippen molar-refractivity contribution in [3.05, 3.63) is 64.2 Å². The minimum Gasteiger partial charge on any atom is -0.545 e. The number of carbonyl (C=O) groups excluding carboxylic acids is 3. The number of nitrogens with one attached hydrogen (secondary N) is 2. The van der Waals surface area contributed by atoms with E-state index in [-0.39, 0.29) is 12.2 Å². The Labute approximate surface area is 172 Å². The molecule has 0 saturated carbocycles. The van der Waals surface area contributed by atoms with Gasteiger partial charge in [0, 0.05) is 17.1 Å². The molecule has 0 fully saturated rings. The molecule has 0 atom stereocenters. The Bertz CT molecular complexity index is 913. The van der Waals surface area contributed by atoms with Crippen LogP contribution in [0.15, 0.2) is 47.6 Å². The molecule has 0 bridgehead atoms. The number of carboxylic acids is 1. The second-order valence-corrected chi connectivity index (χ2v) is 6.35. The fraction of sp³-hybridized carbons (Fsp3) is 0.200. The molecule has 29 heavy (non-hydrogen) atoms. The lowest BCUT2D eigenvalue weighted by molar-refractivity contribution is -0.255. The van der Waals surface area contributed by atoms with Gasteiger partial charge in [-0.3, -0.25) is 9.59 Å². The first kappa shape index (κ1) is 21.9. The maximum Gasteiger partial charge on any atom is 0.329 e. The Morgan fingerprint density at radius 2 is 1.86 bits per heavy atom. The highest BCUT2D eigenvalue weighted by Crippen LogP contribution is 2.22. The first-order chi connectivity index (χ1) is 13.9. The van der Waals surface area contributed by atoms with Crippen molar-refractivity contribution < 1.29 is 24.2 Å². The second kappa shape index (κ2) is 10.8. The minimum absolute atomic E-state index is 0.0757. The van der Waals surface area contributed by atoms with E-state index in [0.29, 0.717) is 29.3 Å². The molecular weight excluding hydrogens is 398 g/mol. The summed E-state index contributed by atoms with van der Waals surface area (Å²) in [6.45, 7) is 2.43. The smallest absolute Gasteiger partial charge is 0.329 e. The van der Waals surface area contributed by atoms with Crippen molar-refractivity contribution >= 4 is 35.6 Å². The van der Waals surface area contributed by atoms with Crippen LogP contribution in [0.25, 0.3) is 0 Å². The summed E-state index contributed by atoms with van der Waals surface area (Å²) in [4.78, 5) is 33.9. The maximum atomic E-state index is 11.6. The first-order valence-corrected chi connectivity index (χ1v) is 9.12. The standard InChI is InChI=1S/C20H20ClN3O5/c1-2-9-22-18(25)19(26)24-23-11-15-10-16(21)7-8-17(15)29-12-13-3-5-14(6-4-13)20(27)28/h3-8,10-11H,2,9,12H2,1H3,(H,22,25)(H,24,26)(H,27,28)/p-1/b23-11-. The van der Waals surface area contributed by atoms with Crippen molar-refractivity contribution in [2.45, 2.75) is 20.0 Å². The second-order valence-electron chi connectivity index (χ2n) is 5.91. The number of ether oxygens (including phenoxy) is 1. The van der Waals surface area contributed by atoms with Crippen molar-refractivity contribution in [1.82, 2.24) is 10.7 Å². The number of halogens is 1. The fourth-order valence-corrected chi connectivity index (χ4v) is 2.36. The van der Waals surface area contributed by atoms with Crippen LogP contribution in [0.1, 0.15) is 34.8 Å². The van der Waals surface area contributed by atoms with Crippen LogP contribution >= 0.6 is 11.6 Å². The summed E-state index contributed by atoms with van der Waals surface area (Å²) < 4.78 is 5.73. The van der Waals surface area contributed by atoms with Gasteiger partial charge in [-0.05, 0) is 35.7 Å². The van der Waals surface area contributed by atoms with E-state index in [2.05, 4.69) is 15.8 Å². The van der Waals surface area contributed by atoms with Crippen molar-refractivity contribution in [3.63, 3.8) is 0 Å². The molecule has 2 rings (SSSR count). The molecule has 0 unspecified atom stereocenters. The quantitative estimate of drug-likeness (QED) is 0.381. The fourth-order valence-electron chi connectivity index (χ4n) is 2.18. The highest BCUT2D eigenvalue weighted by atomic mass is 35.5. The number of aromatic carboxylic acids is 1. The van der Waals surface area contributed by atoms with E-state index in [1.807, 2.05) is 6.92 Å². The number of hydrazone groups is 1. The zero-order valence-corrected chi connectivity index (χ0v) is 16.4. The van der Waals surface area contributed by atoms with E-state index in [0.717, 1.165) is 5.56 Å². The van der Waals surface area contributed by atoms with Gasteiger partial charge in [-0.1, -0.05) is 42.8 Å². The van der Waals surface area contributed by atoms with Gasteiger partial charge in [-0.15, -0.1) is 0 Å². The van der Waals surface area contributed by atoms with Crippen LogP contribution in [0, 0.1) is 0 Å². The van der Waals surface area contributed by atoms with Gasteiger partial charge < -0.3 is 20.0 Å². The molecule has 8 nitrogen and oxygen atoms in total. The van der Waals surface area contributed by atoms with Crippen molar-refractivity contribution in [2.75, 3.05) is 6.54 Å². The SMILES string of the molecule is CCCNC(=O)C(=O)N/N=C\c1cc(Cl)ccc1OCc1ccc(C(=O)[O-])cc1. The molecule has 2 N–H and O–H groups in total. The number of amides is 2. The van der Waals surface area contributed by atoms with E-state index >= 15 is 0 Å². The van der Waals surface area contributed by atoms with Gasteiger partial charge in [0.25, 0.3) is 0 Å². The van der Waals surface area contributed by atoms with Gasteiger partial charge in [-0.25, -0.2) is 5.43 Å². The number of carbonyl (C=O) groups is 3. The number of rotatable bonds is 8. The Morgan fingerprint density at radius 3 is 2.52 bits per heavy atom. The molecule has 152 valence electrons. The van der Waals surface area contributed by atoms with E-state index in [1.165, 1.54) is 18.3 Å². The van der Waals surface area contributed by atoms with Gasteiger partial charge in [0.05, 0.1) is 12.2 Å². The zero-order chi connectivity index (χ0) is 21.2. The van der Waals surface area contributed by atoms with Crippen LogP contribution in [0.5, 0.6) is 5.75 Å². The van der Waals surface area contributed by atoms with E-state index in [9.17, 15) is 19.5 Å². The molecule has 2 aromatic rings. The summed E-state index contributed by atoms with van der Waals surface area (Å²) in [5.41, 5.74) is 3.44. The predicted octanol–water partition coefficient (Wildman–Crippen LogP) is 1.26. The van der Waals surface area contributed by atoms with Gasteiger partial charge in [0.1, 0.15) is 12.4 Å². The summed E-state index contributed by atoms with van der Waals surface area (Å²) in [6, 6.07) is 10.9. The molecule has 0 radical (unpaired) electrons. The lowest BCUT2D eigenvalue weighted by Crippen LogP contribution is -2.38. The molecule has 0 spiro atoms. The largest absolute Gasteiger partial charge is 0.545 e. The molecule has 2 amide bonds. The van der Waals surface area contributed by atoms with Crippen molar-refractivity contribution in [1.29, 1.82) is 0 Å². The average Bonchev–Trinajstić information content (AvgIpc) is 2.71. The Balaban J connectivity index is 2.02. The Hall–Kier alpha value is -3.39. The third kappa shape index (κ3) is 6.93. The highest BCUT2D eigenvalue weighted by Gasteiger charge is 2.11. The molecule has 0 heterocycles. The monoisotopic (exact) mass is 416 g/mol. The Kier molecular flexibility index (Phi) is 8.17. The van der Waals surface area contributed by atoms with Crippen LogP contribution in [0.3, 0.4) is 0 Å². The molecule has 0 aliphatic heterocycles. The van der Waals surface area contributed by atoms with Gasteiger partial charge in [0.2, 0.25) is 0 Å². The molecule has 0 aliphatic rings. The molecule has 0 saturated heterocycles. The van der Waals surface area contributed by atoms with Crippen LogP contribution in [-0.2, 0) is 16.2 Å². The molecule has 0 aromatic heterocycles. The molecule has 9 heteroatoms. The topological polar surface area (TPSA) is 120 Å². The van der Waals surface area contributed by atoms with Crippen molar-refractivity contribution in [2.24, 2.45) is 5.10 Å². The summed E-state index contributed by atoms with van der Waals surface area (Å²) in [5, 5.41) is 17.4. The number of nitrogens with zero attached hydrogens (tertiary/aromatic N) is 1. The minimum atomic E-state index is -1.25. The van der Waals surface area contributed by atoms with E-state index < -0.39 is 17.8 Å². The normalized spacial score (nSPS) is 10.6. The van der Waals surface area contributed by atoms with Crippen LogP contribution < -0.4 is 20.6 Å². The summed E-state index contributed by atoms with van der Waals surface area (Å²) >= 11 is 6.00. The van der Waals surface area contributed by atoms with Crippen molar-refractivity contribution in [3.8, 4) is 5.75 Å². The third-order valence-electron chi connectivity index (χ3n) is 3.67. The van der Waals surface area contributed by atoms with Crippen LogP contribution in [0.2, 0.25) is 5.02 Å². The summed E-state index contributed by atoms with van der Waals surface area (Å²) in [6.07, 6.45) is 2.02. The van der Waals surface area contributed by atoms with Crippen LogP contribution in [-0.4, -0.2) is 30.5 Å². The maximum absolute atomic E-state index is 11.6. The van der Waals surface area contributed by atoms with E-state index in [4.69, 9.17) is 16.3 Å². The van der Waals surface area contributed by atoms with Gasteiger partial charge in [0.15, 0.2) is 0 Å². The molecule has 2 aromatic carbocycles. The third-order valence-corrected chi connectivity index (χ3v) is 3.90. The van der Waals surface area contributed by atoms with E-state index in [1.54, 1.807) is 30.3 Å². The number of carboxylic acid groups (broad SMARTS) is 1. The first-order valence-electron chi connectivity index (χ1n) is 8.74. The number of hydrogen-bond acceptors (Lipinski definition) is 6. The van der Waals surface area contributed by atoms with Crippen LogP contribution in [0.4, 0.5) is 0 Å². The number of benzene rings is 2. The average molecular weight is 417 g/mol. The summed E-state index contributed by atoms with van der Waals surface area (Å²) in [5.74, 6) is -2.47. The van der Waals surface area contributed by atoms with Gasteiger partial charge >= 0.3 is 11.8 Å². The lowest BCUT2D eigenvalue weighted by atomic mass is 10.1. The molecular formula is C20H19ClN3O5-. The lowest BCUT2D eigenvalue weighted by Gasteiger charge is -2.10. The summed E-state index contributed by atoms with van der Waals surface area (Å²) in [7, 11) is 0. The zero-order valence-electron chi connectivity index (χ0n) is 15.6. The number of hydrogen-bond donors (Lipinski definition) is 2. The molecule has 0 aliphatic carbocycles. The highest BCUT2D eigenvalue weighted by molar-refractivity contribution is 6.35. The predicted molar refractivity (Wildman–Crippen MR) is 106 cm³/mol. The van der Waals surface area contributed by atoms with Gasteiger partial charge in [-0.2, -0.15) is 5.10 Å². The Morgan fingerprint density at radius 1 is 1.14 bits per heavy atom.